The van der Waals surface area contributed by atoms with Gasteiger partial charge in [-0.05, 0) is 44.7 Å². The third kappa shape index (κ3) is 4.43. The standard InChI is InChI=1S/C24H33N5O/c1-4-30-16-21-27-22-23(29(21)28-20-13-9-6-10-14-20)17(2)18(3)26-24(22)25-15-19-11-7-5-8-12-19/h5,7-8,11-12,20,28H,4,6,9-10,13-16H2,1-3H3,(H,25,26). The highest BCUT2D eigenvalue weighted by Gasteiger charge is 2.22. The minimum atomic E-state index is 0.477. The number of aromatic nitrogens is 3. The van der Waals surface area contributed by atoms with Gasteiger partial charge in [0.25, 0.3) is 0 Å². The molecule has 2 aromatic heterocycles. The Labute approximate surface area is 179 Å². The van der Waals surface area contributed by atoms with E-state index in [2.05, 4.69) is 53.5 Å². The van der Waals surface area contributed by atoms with Crippen molar-refractivity contribution in [1.82, 2.24) is 14.6 Å². The summed E-state index contributed by atoms with van der Waals surface area (Å²) in [6, 6.07) is 10.9. The van der Waals surface area contributed by atoms with Crippen LogP contribution < -0.4 is 10.7 Å². The highest BCUT2D eigenvalue weighted by atomic mass is 16.5. The zero-order chi connectivity index (χ0) is 20.9. The number of nitrogens with one attached hydrogen (secondary N) is 2. The summed E-state index contributed by atoms with van der Waals surface area (Å²) in [7, 11) is 0. The van der Waals surface area contributed by atoms with Gasteiger partial charge >= 0.3 is 0 Å². The van der Waals surface area contributed by atoms with Crippen LogP contribution in [0.4, 0.5) is 5.82 Å². The van der Waals surface area contributed by atoms with Crippen LogP contribution in [0.25, 0.3) is 11.0 Å². The van der Waals surface area contributed by atoms with Gasteiger partial charge in [-0.3, -0.25) is 0 Å². The van der Waals surface area contributed by atoms with Gasteiger partial charge in [0, 0.05) is 24.9 Å². The zero-order valence-corrected chi connectivity index (χ0v) is 18.4. The molecule has 6 nitrogen and oxygen atoms in total. The van der Waals surface area contributed by atoms with E-state index in [0.29, 0.717) is 19.3 Å². The van der Waals surface area contributed by atoms with E-state index in [0.717, 1.165) is 40.5 Å². The first-order chi connectivity index (χ1) is 14.7. The Morgan fingerprint density at radius 2 is 1.83 bits per heavy atom. The van der Waals surface area contributed by atoms with Crippen molar-refractivity contribution in [1.29, 1.82) is 0 Å². The summed E-state index contributed by atoms with van der Waals surface area (Å²) in [6.07, 6.45) is 6.32. The number of ether oxygens (including phenoxy) is 1. The smallest absolute Gasteiger partial charge is 0.154 e. The second kappa shape index (κ2) is 9.47. The molecule has 0 atom stereocenters. The minimum Gasteiger partial charge on any atom is -0.374 e. The molecular formula is C24H33N5O. The molecule has 1 saturated carbocycles. The van der Waals surface area contributed by atoms with E-state index in [9.17, 15) is 0 Å². The van der Waals surface area contributed by atoms with Gasteiger partial charge in [0.1, 0.15) is 12.1 Å². The number of anilines is 1. The predicted octanol–water partition coefficient (Wildman–Crippen LogP) is 5.07. The van der Waals surface area contributed by atoms with Crippen LogP contribution in [0.3, 0.4) is 0 Å². The molecule has 0 bridgehead atoms. The lowest BCUT2D eigenvalue weighted by molar-refractivity contribution is 0.126. The van der Waals surface area contributed by atoms with E-state index in [1.165, 1.54) is 37.7 Å². The number of pyridine rings is 1. The fourth-order valence-electron chi connectivity index (χ4n) is 4.20. The molecule has 6 heteroatoms. The van der Waals surface area contributed by atoms with E-state index in [4.69, 9.17) is 14.7 Å². The number of imidazole rings is 1. The van der Waals surface area contributed by atoms with E-state index in [1.54, 1.807) is 0 Å². The van der Waals surface area contributed by atoms with E-state index >= 15 is 0 Å². The highest BCUT2D eigenvalue weighted by molar-refractivity contribution is 5.90. The van der Waals surface area contributed by atoms with Crippen molar-refractivity contribution in [3.05, 3.63) is 53.0 Å². The quantitative estimate of drug-likeness (QED) is 0.546. The van der Waals surface area contributed by atoms with Crippen molar-refractivity contribution >= 4 is 16.9 Å². The Morgan fingerprint density at radius 3 is 2.57 bits per heavy atom. The first-order valence-corrected chi connectivity index (χ1v) is 11.2. The first-order valence-electron chi connectivity index (χ1n) is 11.2. The molecule has 0 amide bonds. The van der Waals surface area contributed by atoms with Gasteiger partial charge in [0.15, 0.2) is 11.6 Å². The molecule has 3 aromatic rings. The molecule has 0 aliphatic heterocycles. The molecule has 1 aromatic carbocycles. The van der Waals surface area contributed by atoms with Gasteiger partial charge in [-0.1, -0.05) is 49.6 Å². The SMILES string of the molecule is CCOCc1nc2c(NCc3ccccc3)nc(C)c(C)c2n1NC1CCCCC1. The van der Waals surface area contributed by atoms with Crippen molar-refractivity contribution < 1.29 is 4.74 Å². The zero-order valence-electron chi connectivity index (χ0n) is 18.4. The molecule has 1 fully saturated rings. The lowest BCUT2D eigenvalue weighted by Gasteiger charge is -2.26. The van der Waals surface area contributed by atoms with Crippen LogP contribution in [-0.2, 0) is 17.9 Å². The summed E-state index contributed by atoms with van der Waals surface area (Å²) in [4.78, 5) is 9.82. The summed E-state index contributed by atoms with van der Waals surface area (Å²) in [5, 5.41) is 3.52. The lowest BCUT2D eigenvalue weighted by atomic mass is 9.96. The second-order valence-electron chi connectivity index (χ2n) is 8.17. The van der Waals surface area contributed by atoms with Gasteiger partial charge in [0.05, 0.1) is 5.52 Å². The number of hydrogen-bond donors (Lipinski definition) is 2. The van der Waals surface area contributed by atoms with Gasteiger partial charge in [-0.2, -0.15) is 0 Å². The van der Waals surface area contributed by atoms with Crippen LogP contribution in [0.1, 0.15) is 61.7 Å². The first kappa shape index (κ1) is 20.7. The van der Waals surface area contributed by atoms with Crippen molar-refractivity contribution in [2.45, 2.75) is 72.1 Å². The number of aryl methyl sites for hydroxylation is 2. The van der Waals surface area contributed by atoms with Crippen LogP contribution in [-0.4, -0.2) is 27.3 Å². The molecule has 0 saturated heterocycles. The normalized spacial score (nSPS) is 14.9. The van der Waals surface area contributed by atoms with Crippen LogP contribution in [0.5, 0.6) is 0 Å². The topological polar surface area (TPSA) is 64.0 Å². The molecule has 4 rings (SSSR count). The molecule has 1 aliphatic rings. The average Bonchev–Trinajstić information content (AvgIpc) is 3.13. The second-order valence-corrected chi connectivity index (χ2v) is 8.17. The number of fused-ring (bicyclic) bond motifs is 1. The van der Waals surface area contributed by atoms with Crippen molar-refractivity contribution in [2.24, 2.45) is 0 Å². The monoisotopic (exact) mass is 407 g/mol. The van der Waals surface area contributed by atoms with E-state index < -0.39 is 0 Å². The Balaban J connectivity index is 1.72. The number of benzene rings is 1. The molecule has 30 heavy (non-hydrogen) atoms. The van der Waals surface area contributed by atoms with Gasteiger partial charge < -0.3 is 15.5 Å². The Hall–Kier alpha value is -2.60. The summed E-state index contributed by atoms with van der Waals surface area (Å²) in [5.74, 6) is 1.74. The Kier molecular flexibility index (Phi) is 6.53. The minimum absolute atomic E-state index is 0.477. The molecule has 2 N–H and O–H groups in total. The van der Waals surface area contributed by atoms with Crippen molar-refractivity contribution in [3.8, 4) is 0 Å². The number of hydrogen-bond acceptors (Lipinski definition) is 5. The van der Waals surface area contributed by atoms with E-state index in [1.807, 2.05) is 13.0 Å². The van der Waals surface area contributed by atoms with Crippen molar-refractivity contribution in [3.63, 3.8) is 0 Å². The van der Waals surface area contributed by atoms with Crippen LogP contribution >= 0.6 is 0 Å². The highest BCUT2D eigenvalue weighted by Crippen LogP contribution is 2.29. The maximum Gasteiger partial charge on any atom is 0.154 e. The number of rotatable bonds is 8. The van der Waals surface area contributed by atoms with Crippen LogP contribution in [0.2, 0.25) is 0 Å². The molecule has 0 spiro atoms. The molecule has 0 radical (unpaired) electrons. The molecule has 1 aliphatic carbocycles. The molecule has 2 heterocycles. The van der Waals surface area contributed by atoms with Crippen LogP contribution in [0.15, 0.2) is 30.3 Å². The van der Waals surface area contributed by atoms with Gasteiger partial charge in [-0.25, -0.2) is 14.6 Å². The summed E-state index contributed by atoms with van der Waals surface area (Å²) in [6.45, 7) is 8.10. The fraction of sp³-hybridized carbons (Fsp3) is 0.500. The third-order valence-corrected chi connectivity index (χ3v) is 6.00. The summed E-state index contributed by atoms with van der Waals surface area (Å²) in [5.41, 5.74) is 9.19. The largest absolute Gasteiger partial charge is 0.374 e. The van der Waals surface area contributed by atoms with Gasteiger partial charge in [-0.15, -0.1) is 0 Å². The number of nitrogens with zero attached hydrogens (tertiary/aromatic N) is 3. The summed E-state index contributed by atoms with van der Waals surface area (Å²) >= 11 is 0. The van der Waals surface area contributed by atoms with Crippen molar-refractivity contribution in [2.75, 3.05) is 17.3 Å². The third-order valence-electron chi connectivity index (χ3n) is 6.00. The summed E-state index contributed by atoms with van der Waals surface area (Å²) < 4.78 is 7.93. The molecular weight excluding hydrogens is 374 g/mol. The van der Waals surface area contributed by atoms with Gasteiger partial charge in [0.2, 0.25) is 0 Å². The predicted molar refractivity (Wildman–Crippen MR) is 122 cm³/mol. The Morgan fingerprint density at radius 1 is 1.07 bits per heavy atom. The molecule has 160 valence electrons. The maximum absolute atomic E-state index is 5.75. The van der Waals surface area contributed by atoms with E-state index in [-0.39, 0.29) is 0 Å². The Bertz CT molecular complexity index is 976. The van der Waals surface area contributed by atoms with Crippen LogP contribution in [0, 0.1) is 13.8 Å². The lowest BCUT2D eigenvalue weighted by Crippen LogP contribution is -2.31. The fourth-order valence-corrected chi connectivity index (χ4v) is 4.20. The molecule has 0 unspecified atom stereocenters. The average molecular weight is 408 g/mol. The maximum atomic E-state index is 5.75.